The quantitative estimate of drug-likeness (QED) is 0.122. The summed E-state index contributed by atoms with van der Waals surface area (Å²) in [7, 11) is 0. The normalized spacial score (nSPS) is 11.6. The zero-order valence-corrected chi connectivity index (χ0v) is 61.9. The summed E-state index contributed by atoms with van der Waals surface area (Å²) in [6.07, 6.45) is 0. The fourth-order valence-electron chi connectivity index (χ4n) is 17.7. The van der Waals surface area contributed by atoms with E-state index < -0.39 is 0 Å². The van der Waals surface area contributed by atoms with E-state index in [9.17, 15) is 0 Å². The second kappa shape index (κ2) is 28.0. The molecule has 0 saturated carbocycles. The minimum absolute atomic E-state index is 0.0741. The van der Waals surface area contributed by atoms with Crippen LogP contribution in [0.5, 0.6) is 0 Å². The summed E-state index contributed by atoms with van der Waals surface area (Å²) >= 11 is 0. The first-order valence-corrected chi connectivity index (χ1v) is 38.7. The number of rotatable bonds is 12. The predicted molar refractivity (Wildman–Crippen MR) is 476 cm³/mol. The van der Waals surface area contributed by atoms with Gasteiger partial charge >= 0.3 is 0 Å². The molecular formula is C108H68N4O2. The third-order valence-corrected chi connectivity index (χ3v) is 22.8. The molecule has 0 bridgehead atoms. The number of hydrogen-bond acceptors (Lipinski definition) is 4. The molecule has 0 amide bonds. The first-order valence-electron chi connectivity index (χ1n) is 38.7. The van der Waals surface area contributed by atoms with Gasteiger partial charge in [-0.15, -0.1) is 0 Å². The largest absolute Gasteiger partial charge is 0.268 e. The van der Waals surface area contributed by atoms with Crippen molar-refractivity contribution in [2.75, 3.05) is 0 Å². The molecule has 0 N–H and O–H groups in total. The molecule has 0 aliphatic heterocycles. The molecule has 22 rings (SSSR count). The van der Waals surface area contributed by atoms with Crippen molar-refractivity contribution in [3.05, 3.63) is 433 Å². The van der Waals surface area contributed by atoms with Gasteiger partial charge in [-0.25, -0.2) is 9.97 Å². The van der Waals surface area contributed by atoms with Crippen LogP contribution in [0.15, 0.2) is 422 Å². The van der Waals surface area contributed by atoms with E-state index in [0.29, 0.717) is 22.1 Å². The monoisotopic (exact) mass is 1450 g/mol. The summed E-state index contributed by atoms with van der Waals surface area (Å²) in [6, 6.07) is 144. The molecule has 0 fully saturated rings. The topological polar surface area (TPSA) is 68.7 Å². The van der Waals surface area contributed by atoms with Gasteiger partial charge in [0.15, 0.2) is 0 Å². The highest BCUT2D eigenvalue weighted by atomic mass is 16.1. The Morgan fingerprint density at radius 2 is 0.465 bits per heavy atom. The van der Waals surface area contributed by atoms with Crippen LogP contribution in [0.2, 0.25) is 0 Å². The lowest BCUT2D eigenvalue weighted by Crippen LogP contribution is -2.14. The van der Waals surface area contributed by atoms with E-state index >= 15 is 9.59 Å². The zero-order chi connectivity index (χ0) is 75.7. The second-order valence-corrected chi connectivity index (χ2v) is 29.2. The molecule has 0 radical (unpaired) electrons. The molecule has 0 spiro atoms. The van der Waals surface area contributed by atoms with Crippen LogP contribution in [-0.4, -0.2) is 18.8 Å². The lowest BCUT2D eigenvalue weighted by molar-refractivity contribution is 1.19. The van der Waals surface area contributed by atoms with Gasteiger partial charge in [0, 0.05) is 43.4 Å². The summed E-state index contributed by atoms with van der Waals surface area (Å²) in [5.41, 5.74) is 30.6. The Labute approximate surface area is 657 Å². The maximum absolute atomic E-state index is 15.2. The summed E-state index contributed by atoms with van der Waals surface area (Å²) in [4.78, 5) is 41.1. The van der Waals surface area contributed by atoms with E-state index in [0.717, 1.165) is 188 Å². The summed E-state index contributed by atoms with van der Waals surface area (Å²) in [5.74, 6) is 0. The number of imidazole rings is 2. The minimum atomic E-state index is -0.0742. The van der Waals surface area contributed by atoms with Crippen LogP contribution >= 0.6 is 0 Å². The van der Waals surface area contributed by atoms with Gasteiger partial charge < -0.3 is 0 Å². The third kappa shape index (κ3) is 11.3. The molecular weight excluding hydrogens is 1390 g/mol. The minimum Gasteiger partial charge on any atom is -0.268 e. The molecule has 0 aliphatic carbocycles. The van der Waals surface area contributed by atoms with Gasteiger partial charge in [0.25, 0.3) is 11.1 Å². The first kappa shape index (κ1) is 66.9. The zero-order valence-electron chi connectivity index (χ0n) is 61.9. The molecule has 6 nitrogen and oxygen atoms in total. The standard InChI is InChI=1S/2C54H34N2O/c57-54-48-30-16-29-46-45(43-27-14-12-24-40(43)36-19-6-2-7-20-36)31-32-47(51(46)48)53-55-52-49(44-28-15-13-25-41(44)37-21-8-3-9-22-37)33-38(34-50(52)56(53)54)42-26-11-10-23-39(42)35-17-4-1-5-18-35;57-54-48-32-31-45(43-27-14-12-24-40(43)36-19-6-2-7-20-36)46-29-16-30-47(51(46)48)53-55-50-34-38(42-26-11-10-23-39(42)35-17-4-1-5-18-35)33-49(52(50)56(53)54)44-28-15-13-25-41(44)37-21-8-3-9-22-37/h2*1-34H. The van der Waals surface area contributed by atoms with Crippen LogP contribution in [-0.2, 0) is 0 Å². The molecule has 114 heavy (non-hydrogen) atoms. The van der Waals surface area contributed by atoms with Gasteiger partial charge in [-0.2, -0.15) is 0 Å². The van der Waals surface area contributed by atoms with Gasteiger partial charge in [0.2, 0.25) is 0 Å². The molecule has 4 heterocycles. The molecule has 6 heteroatoms. The van der Waals surface area contributed by atoms with Crippen LogP contribution in [0.4, 0.5) is 0 Å². The van der Waals surface area contributed by atoms with Gasteiger partial charge in [-0.3, -0.25) is 18.4 Å². The van der Waals surface area contributed by atoms with Crippen molar-refractivity contribution in [3.63, 3.8) is 0 Å². The van der Waals surface area contributed by atoms with Crippen molar-refractivity contribution < 1.29 is 0 Å². The maximum atomic E-state index is 15.2. The molecule has 0 unspecified atom stereocenters. The fraction of sp³-hybridized carbons (Fsp3) is 0. The van der Waals surface area contributed by atoms with Crippen LogP contribution in [0, 0.1) is 0 Å². The van der Waals surface area contributed by atoms with Gasteiger partial charge in [-0.05, 0) is 176 Å². The number of fused-ring (bicyclic) bond motifs is 8. The highest BCUT2D eigenvalue weighted by Gasteiger charge is 2.27. The van der Waals surface area contributed by atoms with Gasteiger partial charge in [-0.1, -0.05) is 370 Å². The summed E-state index contributed by atoms with van der Waals surface area (Å²) in [5, 5.41) is 7.19. The SMILES string of the molecule is O=c1c2ccc(-c3ccccc3-c3ccccc3)c3cccc(c32)c2nc3cc(-c4ccccc4-c4ccccc4)cc(-c4ccccc4-c4ccccc4)c3n12.O=c1c2cccc3c(-c4ccccc4-c4ccccc4)ccc(c32)c2nc3c(-c4ccccc4-c4ccccc4)cc(-c4ccccc4-c4ccccc4)cc3n12. The van der Waals surface area contributed by atoms with Crippen LogP contribution in [0.25, 0.3) is 210 Å². The molecule has 0 atom stereocenters. The Morgan fingerprint density at radius 3 is 0.877 bits per heavy atom. The highest BCUT2D eigenvalue weighted by molar-refractivity contribution is 6.22. The Kier molecular flexibility index (Phi) is 16.4. The van der Waals surface area contributed by atoms with Crippen LogP contribution < -0.4 is 11.1 Å². The fourth-order valence-corrected chi connectivity index (χ4v) is 17.7. The second-order valence-electron chi connectivity index (χ2n) is 29.2. The predicted octanol–water partition coefficient (Wildman–Crippen LogP) is 27.2. The molecule has 532 valence electrons. The van der Waals surface area contributed by atoms with Crippen molar-refractivity contribution >= 4 is 76.5 Å². The van der Waals surface area contributed by atoms with E-state index in [2.05, 4.69) is 358 Å². The molecule has 22 aromatic rings. The summed E-state index contributed by atoms with van der Waals surface area (Å²) < 4.78 is 3.72. The number of aromatic nitrogens is 4. The molecule has 4 aromatic heterocycles. The number of nitrogens with zero attached hydrogens (tertiary/aromatic N) is 4. The van der Waals surface area contributed by atoms with Crippen molar-refractivity contribution in [1.82, 2.24) is 18.8 Å². The average Bonchev–Trinajstić information content (AvgIpc) is 1.51. The molecule has 18 aromatic carbocycles. The summed E-state index contributed by atoms with van der Waals surface area (Å²) in [6.45, 7) is 0. The van der Waals surface area contributed by atoms with Crippen molar-refractivity contribution in [1.29, 1.82) is 0 Å². The van der Waals surface area contributed by atoms with E-state index in [-0.39, 0.29) is 11.1 Å². The van der Waals surface area contributed by atoms with E-state index in [1.54, 1.807) is 0 Å². The van der Waals surface area contributed by atoms with E-state index in [1.165, 1.54) is 0 Å². The van der Waals surface area contributed by atoms with Gasteiger partial charge in [0.05, 0.1) is 22.1 Å². The Bertz CT molecular complexity index is 7500. The Hall–Kier alpha value is -15.2. The molecule has 0 aliphatic rings. The van der Waals surface area contributed by atoms with E-state index in [4.69, 9.17) is 9.97 Å². The molecule has 0 saturated heterocycles. The van der Waals surface area contributed by atoms with Gasteiger partial charge in [0.1, 0.15) is 11.3 Å². The number of pyridine rings is 2. The van der Waals surface area contributed by atoms with E-state index in [1.807, 2.05) is 63.4 Å². The maximum Gasteiger partial charge on any atom is 0.264 e. The van der Waals surface area contributed by atoms with Crippen LogP contribution in [0.3, 0.4) is 0 Å². The number of benzene rings is 18. The highest BCUT2D eigenvalue weighted by Crippen LogP contribution is 2.48. The smallest absolute Gasteiger partial charge is 0.264 e. The average molecular weight is 1450 g/mol. The Morgan fingerprint density at radius 1 is 0.184 bits per heavy atom. The Balaban J connectivity index is 0.000000143. The number of hydrogen-bond donors (Lipinski definition) is 0. The van der Waals surface area contributed by atoms with Crippen LogP contribution in [0.1, 0.15) is 0 Å². The first-order chi connectivity index (χ1) is 56.5. The lowest BCUT2D eigenvalue weighted by Gasteiger charge is -2.16. The van der Waals surface area contributed by atoms with Crippen molar-refractivity contribution in [2.45, 2.75) is 0 Å². The lowest BCUT2D eigenvalue weighted by atomic mass is 9.89. The van der Waals surface area contributed by atoms with Crippen molar-refractivity contribution in [3.8, 4) is 134 Å². The van der Waals surface area contributed by atoms with Crippen molar-refractivity contribution in [2.24, 2.45) is 0 Å². The third-order valence-electron chi connectivity index (χ3n) is 22.8.